The summed E-state index contributed by atoms with van der Waals surface area (Å²) in [6.45, 7) is 0. The Kier molecular flexibility index (Phi) is 3.05. The zero-order chi connectivity index (χ0) is 8.39. The van der Waals surface area contributed by atoms with Crippen LogP contribution in [0.25, 0.3) is 0 Å². The predicted molar refractivity (Wildman–Crippen MR) is 61.8 cm³/mol. The second-order valence-electron chi connectivity index (χ2n) is 2.63. The van der Waals surface area contributed by atoms with Crippen LogP contribution in [-0.2, 0) is 0 Å². The van der Waals surface area contributed by atoms with E-state index in [9.17, 15) is 0 Å². The van der Waals surface area contributed by atoms with Gasteiger partial charge in [0.25, 0.3) is 0 Å². The zero-order valence-electron chi connectivity index (χ0n) is 6.50. The Labute approximate surface area is 89.6 Å². The summed E-state index contributed by atoms with van der Waals surface area (Å²) in [6, 6.07) is 8.66. The van der Waals surface area contributed by atoms with Gasteiger partial charge in [-0.2, -0.15) is 0 Å². The van der Waals surface area contributed by atoms with E-state index in [0.717, 1.165) is 0 Å². The molecule has 0 nitrogen and oxygen atoms in total. The number of benzene rings is 1. The highest BCUT2D eigenvalue weighted by Crippen LogP contribution is 2.45. The van der Waals surface area contributed by atoms with Gasteiger partial charge in [0.2, 0.25) is 0 Å². The second kappa shape index (κ2) is 4.07. The molecule has 0 radical (unpaired) electrons. The summed E-state index contributed by atoms with van der Waals surface area (Å²) < 4.78 is 1.84. The molecular formula is C9H9BrS2. The van der Waals surface area contributed by atoms with E-state index in [1.54, 1.807) is 0 Å². The van der Waals surface area contributed by atoms with Gasteiger partial charge >= 0.3 is 0 Å². The molecule has 0 aliphatic carbocycles. The topological polar surface area (TPSA) is 0 Å². The van der Waals surface area contributed by atoms with Gasteiger partial charge in [-0.05, 0) is 17.7 Å². The fourth-order valence-corrected chi connectivity index (χ4v) is 4.29. The highest BCUT2D eigenvalue weighted by molar-refractivity contribution is 9.10. The van der Waals surface area contributed by atoms with Crippen molar-refractivity contribution in [1.29, 1.82) is 0 Å². The third-order valence-corrected chi connectivity index (χ3v) is 5.40. The molecule has 1 fully saturated rings. The van der Waals surface area contributed by atoms with Gasteiger partial charge in [-0.1, -0.05) is 28.1 Å². The molecule has 1 heterocycles. The van der Waals surface area contributed by atoms with E-state index in [1.165, 1.54) is 21.5 Å². The molecule has 0 atom stereocenters. The molecule has 1 aromatic rings. The summed E-state index contributed by atoms with van der Waals surface area (Å²) >= 11 is 7.54. The lowest BCUT2D eigenvalue weighted by Crippen LogP contribution is -1.82. The molecule has 0 unspecified atom stereocenters. The Hall–Kier alpha value is 0.400. The first-order chi connectivity index (χ1) is 5.86. The maximum atomic E-state index is 3.44. The quantitative estimate of drug-likeness (QED) is 0.751. The van der Waals surface area contributed by atoms with Gasteiger partial charge in [0, 0.05) is 16.0 Å². The third kappa shape index (κ3) is 2.01. The van der Waals surface area contributed by atoms with E-state index in [-0.39, 0.29) is 0 Å². The van der Waals surface area contributed by atoms with Crippen LogP contribution in [0.15, 0.2) is 28.7 Å². The Morgan fingerprint density at radius 1 is 1.08 bits per heavy atom. The summed E-state index contributed by atoms with van der Waals surface area (Å²) in [5.41, 5.74) is 1.45. The van der Waals surface area contributed by atoms with Crippen LogP contribution in [0.1, 0.15) is 10.1 Å². The van der Waals surface area contributed by atoms with Crippen LogP contribution >= 0.6 is 39.5 Å². The molecular weight excluding hydrogens is 252 g/mol. The van der Waals surface area contributed by atoms with Gasteiger partial charge in [0.15, 0.2) is 0 Å². The van der Waals surface area contributed by atoms with Gasteiger partial charge in [0.1, 0.15) is 0 Å². The minimum Gasteiger partial charge on any atom is -0.142 e. The van der Waals surface area contributed by atoms with Gasteiger partial charge in [-0.15, -0.1) is 23.5 Å². The van der Waals surface area contributed by atoms with E-state index >= 15 is 0 Å². The minimum absolute atomic E-state index is 0.679. The molecule has 1 aliphatic rings. The molecule has 0 aromatic heterocycles. The van der Waals surface area contributed by atoms with E-state index in [2.05, 4.69) is 40.2 Å². The first-order valence-corrected chi connectivity index (χ1v) is 6.74. The SMILES string of the molecule is Brc1ccc(C2SCCS2)cc1. The summed E-state index contributed by atoms with van der Waals surface area (Å²) in [5, 5.41) is 0. The predicted octanol–water partition coefficient (Wildman–Crippen LogP) is 3.93. The number of hydrogen-bond donors (Lipinski definition) is 0. The summed E-state index contributed by atoms with van der Waals surface area (Å²) in [5.74, 6) is 2.59. The lowest BCUT2D eigenvalue weighted by Gasteiger charge is -2.07. The minimum atomic E-state index is 0.679. The fourth-order valence-electron chi connectivity index (χ4n) is 1.17. The Morgan fingerprint density at radius 3 is 2.25 bits per heavy atom. The summed E-state index contributed by atoms with van der Waals surface area (Å²) in [4.78, 5) is 0. The first kappa shape index (κ1) is 8.97. The molecule has 3 heteroatoms. The molecule has 1 aliphatic heterocycles. The normalized spacial score (nSPS) is 18.4. The van der Waals surface area contributed by atoms with Crippen LogP contribution < -0.4 is 0 Å². The van der Waals surface area contributed by atoms with Crippen molar-refractivity contribution in [3.63, 3.8) is 0 Å². The van der Waals surface area contributed by atoms with Crippen molar-refractivity contribution in [2.45, 2.75) is 4.58 Å². The van der Waals surface area contributed by atoms with Crippen molar-refractivity contribution in [3.8, 4) is 0 Å². The monoisotopic (exact) mass is 260 g/mol. The van der Waals surface area contributed by atoms with Crippen molar-refractivity contribution >= 4 is 39.5 Å². The Morgan fingerprint density at radius 2 is 1.67 bits per heavy atom. The molecule has 1 aromatic carbocycles. The maximum absolute atomic E-state index is 3.44. The standard InChI is InChI=1S/C9H9BrS2/c10-8-3-1-7(2-4-8)9-11-5-6-12-9/h1-4,9H,5-6H2. The van der Waals surface area contributed by atoms with Crippen LogP contribution in [0.4, 0.5) is 0 Å². The molecule has 0 amide bonds. The summed E-state index contributed by atoms with van der Waals surface area (Å²) in [6.07, 6.45) is 0. The van der Waals surface area contributed by atoms with Gasteiger partial charge in [-0.3, -0.25) is 0 Å². The Bertz CT molecular complexity index is 252. The molecule has 12 heavy (non-hydrogen) atoms. The van der Waals surface area contributed by atoms with Crippen LogP contribution in [-0.4, -0.2) is 11.5 Å². The van der Waals surface area contributed by atoms with E-state index in [1.807, 2.05) is 23.5 Å². The van der Waals surface area contributed by atoms with Crippen molar-refractivity contribution < 1.29 is 0 Å². The largest absolute Gasteiger partial charge is 0.142 e. The molecule has 0 spiro atoms. The van der Waals surface area contributed by atoms with Crippen LogP contribution in [0.5, 0.6) is 0 Å². The molecule has 0 N–H and O–H groups in total. The van der Waals surface area contributed by atoms with Crippen LogP contribution in [0.3, 0.4) is 0 Å². The molecule has 0 saturated carbocycles. The Balaban J connectivity index is 2.17. The van der Waals surface area contributed by atoms with Crippen molar-refractivity contribution in [3.05, 3.63) is 34.3 Å². The van der Waals surface area contributed by atoms with E-state index in [4.69, 9.17) is 0 Å². The molecule has 0 bridgehead atoms. The number of thioether (sulfide) groups is 2. The first-order valence-electron chi connectivity index (χ1n) is 3.85. The second-order valence-corrected chi connectivity index (χ2v) is 6.27. The average Bonchev–Trinajstić information content (AvgIpc) is 2.58. The number of rotatable bonds is 1. The number of hydrogen-bond acceptors (Lipinski definition) is 2. The van der Waals surface area contributed by atoms with E-state index < -0.39 is 0 Å². The van der Waals surface area contributed by atoms with Crippen LogP contribution in [0, 0.1) is 0 Å². The lowest BCUT2D eigenvalue weighted by atomic mass is 10.2. The lowest BCUT2D eigenvalue weighted by molar-refractivity contribution is 1.38. The van der Waals surface area contributed by atoms with Gasteiger partial charge in [0.05, 0.1) is 4.58 Å². The average molecular weight is 261 g/mol. The van der Waals surface area contributed by atoms with Crippen molar-refractivity contribution in [2.24, 2.45) is 0 Å². The molecule has 2 rings (SSSR count). The fraction of sp³-hybridized carbons (Fsp3) is 0.333. The number of halogens is 1. The van der Waals surface area contributed by atoms with E-state index in [0.29, 0.717) is 4.58 Å². The maximum Gasteiger partial charge on any atom is 0.0751 e. The highest BCUT2D eigenvalue weighted by atomic mass is 79.9. The molecule has 64 valence electrons. The van der Waals surface area contributed by atoms with Crippen molar-refractivity contribution in [2.75, 3.05) is 11.5 Å². The molecule has 1 saturated heterocycles. The smallest absolute Gasteiger partial charge is 0.0751 e. The van der Waals surface area contributed by atoms with Crippen LogP contribution in [0.2, 0.25) is 0 Å². The summed E-state index contributed by atoms with van der Waals surface area (Å²) in [7, 11) is 0. The highest BCUT2D eigenvalue weighted by Gasteiger charge is 2.17. The third-order valence-electron chi connectivity index (χ3n) is 1.76. The van der Waals surface area contributed by atoms with Gasteiger partial charge < -0.3 is 0 Å². The van der Waals surface area contributed by atoms with Gasteiger partial charge in [-0.25, -0.2) is 0 Å². The zero-order valence-corrected chi connectivity index (χ0v) is 9.71. The van der Waals surface area contributed by atoms with Crippen molar-refractivity contribution in [1.82, 2.24) is 0 Å².